The number of benzene rings is 1. The van der Waals surface area contributed by atoms with Crippen molar-refractivity contribution in [2.45, 2.75) is 45.7 Å². The van der Waals surface area contributed by atoms with Gasteiger partial charge in [-0.1, -0.05) is 37.6 Å². The third-order valence-corrected chi connectivity index (χ3v) is 7.16. The molecule has 1 aliphatic heterocycles. The number of carbonyl (C=O) groups excluding carboxylic acids is 3. The van der Waals surface area contributed by atoms with Gasteiger partial charge in [-0.05, 0) is 61.2 Å². The number of hydrogen-bond acceptors (Lipinski definition) is 4. The van der Waals surface area contributed by atoms with Gasteiger partial charge in [-0.2, -0.15) is 0 Å². The number of likely N-dealkylation sites (tertiary alicyclic amines) is 1. The molecule has 0 spiro atoms. The normalized spacial score (nSPS) is 16.2. The van der Waals surface area contributed by atoms with Crippen LogP contribution in [0.25, 0.3) is 0 Å². The van der Waals surface area contributed by atoms with Gasteiger partial charge in [0.25, 0.3) is 5.91 Å². The van der Waals surface area contributed by atoms with Gasteiger partial charge in [0.2, 0.25) is 5.91 Å². The first kappa shape index (κ1) is 25.1. The number of carbonyl (C=O) groups is 3. The first-order valence-corrected chi connectivity index (χ1v) is 12.5. The predicted octanol–water partition coefficient (Wildman–Crippen LogP) is 4.60. The third-order valence-electron chi connectivity index (χ3n) is 6.06. The van der Waals surface area contributed by atoms with Crippen LogP contribution in [0.15, 0.2) is 41.8 Å². The van der Waals surface area contributed by atoms with Crippen molar-refractivity contribution in [2.24, 2.45) is 11.8 Å². The molecule has 9 heteroatoms. The lowest BCUT2D eigenvalue weighted by atomic mass is 9.88. The van der Waals surface area contributed by atoms with Crippen LogP contribution in [0.2, 0.25) is 5.02 Å². The minimum Gasteiger partial charge on any atom is -0.352 e. The van der Waals surface area contributed by atoms with Crippen LogP contribution in [-0.4, -0.2) is 47.9 Å². The molecule has 1 aromatic heterocycles. The molecule has 3 rings (SSSR count). The van der Waals surface area contributed by atoms with Crippen molar-refractivity contribution in [3.63, 3.8) is 0 Å². The molecule has 2 heterocycles. The summed E-state index contributed by atoms with van der Waals surface area (Å²) in [5, 5.41) is 11.2. The molecule has 7 nitrogen and oxygen atoms in total. The van der Waals surface area contributed by atoms with E-state index in [1.165, 1.54) is 11.3 Å². The lowest BCUT2D eigenvalue weighted by Gasteiger charge is -2.36. The van der Waals surface area contributed by atoms with Gasteiger partial charge >= 0.3 is 6.03 Å². The van der Waals surface area contributed by atoms with Crippen LogP contribution in [0.5, 0.6) is 0 Å². The Balaban J connectivity index is 1.64. The number of anilines is 1. The summed E-state index contributed by atoms with van der Waals surface area (Å²) in [4.78, 5) is 40.8. The van der Waals surface area contributed by atoms with Gasteiger partial charge in [0.15, 0.2) is 0 Å². The molecule has 0 radical (unpaired) electrons. The summed E-state index contributed by atoms with van der Waals surface area (Å²) in [6.07, 6.45) is 1.23. The average Bonchev–Trinajstić information content (AvgIpc) is 3.32. The van der Waals surface area contributed by atoms with E-state index >= 15 is 0 Å². The second-order valence-electron chi connectivity index (χ2n) is 8.73. The number of urea groups is 1. The molecule has 1 fully saturated rings. The van der Waals surface area contributed by atoms with Crippen molar-refractivity contribution in [3.05, 3.63) is 51.7 Å². The lowest BCUT2D eigenvalue weighted by Crippen LogP contribution is -2.55. The molecule has 1 aromatic carbocycles. The van der Waals surface area contributed by atoms with Crippen molar-refractivity contribution < 1.29 is 14.4 Å². The highest BCUT2D eigenvalue weighted by atomic mass is 35.5. The van der Waals surface area contributed by atoms with Gasteiger partial charge < -0.3 is 20.9 Å². The predicted molar refractivity (Wildman–Crippen MR) is 133 cm³/mol. The van der Waals surface area contributed by atoms with Crippen molar-refractivity contribution in [1.29, 1.82) is 0 Å². The molecule has 0 bridgehead atoms. The monoisotopic (exact) mass is 490 g/mol. The van der Waals surface area contributed by atoms with Crippen molar-refractivity contribution >= 4 is 46.5 Å². The highest BCUT2D eigenvalue weighted by Gasteiger charge is 2.34. The smallest absolute Gasteiger partial charge is 0.321 e. The molecule has 4 amide bonds. The van der Waals surface area contributed by atoms with E-state index in [1.54, 1.807) is 35.2 Å². The number of thiophene rings is 1. The number of nitrogens with one attached hydrogen (secondary N) is 3. The summed E-state index contributed by atoms with van der Waals surface area (Å²) >= 11 is 7.34. The van der Waals surface area contributed by atoms with Crippen LogP contribution in [0.1, 0.15) is 43.3 Å². The topological polar surface area (TPSA) is 90.5 Å². The van der Waals surface area contributed by atoms with Gasteiger partial charge in [0.1, 0.15) is 6.04 Å². The van der Waals surface area contributed by atoms with Crippen LogP contribution in [0.4, 0.5) is 10.5 Å². The molecule has 3 N–H and O–H groups in total. The maximum absolute atomic E-state index is 13.1. The Morgan fingerprint density at radius 3 is 2.39 bits per heavy atom. The molecule has 1 saturated heterocycles. The Morgan fingerprint density at radius 2 is 1.79 bits per heavy atom. The standard InChI is InChI=1S/C24H31ClN4O3S/c1-15(2)16(3)26-23(31)21(28-22(30)20-8-5-13-33-20)17-9-11-29(12-10-17)24(32)27-19-7-4-6-18(25)14-19/h4-8,13-17,21H,9-12H2,1-3H3,(H,26,31)(H,27,32)(H,28,30)/t16-,21+/m1/s1. The second kappa shape index (κ2) is 11.5. The number of hydrogen-bond donors (Lipinski definition) is 3. The summed E-state index contributed by atoms with van der Waals surface area (Å²) in [6, 6.07) is 9.70. The van der Waals surface area contributed by atoms with E-state index < -0.39 is 6.04 Å². The molecule has 2 atom stereocenters. The molecule has 33 heavy (non-hydrogen) atoms. The highest BCUT2D eigenvalue weighted by molar-refractivity contribution is 7.12. The number of piperidine rings is 1. The first-order chi connectivity index (χ1) is 15.7. The SMILES string of the molecule is CC(C)[C@@H](C)NC(=O)[C@@H](NC(=O)c1cccs1)C1CCN(C(=O)Nc2cccc(Cl)c2)CC1. The van der Waals surface area contributed by atoms with Crippen molar-refractivity contribution in [1.82, 2.24) is 15.5 Å². The molecule has 178 valence electrons. The zero-order chi connectivity index (χ0) is 24.0. The Hall–Kier alpha value is -2.58. The first-order valence-electron chi connectivity index (χ1n) is 11.2. The minimum atomic E-state index is -0.654. The largest absolute Gasteiger partial charge is 0.352 e. The summed E-state index contributed by atoms with van der Waals surface area (Å²) < 4.78 is 0. The van der Waals surface area contributed by atoms with E-state index in [1.807, 2.05) is 32.2 Å². The van der Waals surface area contributed by atoms with E-state index in [4.69, 9.17) is 11.6 Å². The fraction of sp³-hybridized carbons (Fsp3) is 0.458. The van der Waals surface area contributed by atoms with E-state index in [0.717, 1.165) is 0 Å². The third kappa shape index (κ3) is 6.95. The maximum atomic E-state index is 13.1. The summed E-state index contributed by atoms with van der Waals surface area (Å²) in [7, 11) is 0. The molecule has 0 saturated carbocycles. The van der Waals surface area contributed by atoms with E-state index in [9.17, 15) is 14.4 Å². The number of amides is 4. The van der Waals surface area contributed by atoms with Crippen molar-refractivity contribution in [3.8, 4) is 0 Å². The van der Waals surface area contributed by atoms with E-state index in [-0.39, 0.29) is 35.7 Å². The Morgan fingerprint density at radius 1 is 1.06 bits per heavy atom. The quantitative estimate of drug-likeness (QED) is 0.529. The molecular formula is C24H31ClN4O3S. The van der Waals surface area contributed by atoms with E-state index in [0.29, 0.717) is 41.5 Å². The van der Waals surface area contributed by atoms with Gasteiger partial charge in [0, 0.05) is 29.8 Å². The summed E-state index contributed by atoms with van der Waals surface area (Å²) in [6.45, 7) is 7.04. The van der Waals surface area contributed by atoms with Crippen LogP contribution in [0, 0.1) is 11.8 Å². The van der Waals surface area contributed by atoms with Crippen LogP contribution in [0.3, 0.4) is 0 Å². The number of halogens is 1. The minimum absolute atomic E-state index is 0.0118. The second-order valence-corrected chi connectivity index (χ2v) is 10.1. The van der Waals surface area contributed by atoms with Gasteiger partial charge in [-0.25, -0.2) is 4.79 Å². The summed E-state index contributed by atoms with van der Waals surface area (Å²) in [5.41, 5.74) is 0.637. The molecule has 1 aliphatic rings. The maximum Gasteiger partial charge on any atom is 0.321 e. The van der Waals surface area contributed by atoms with Crippen LogP contribution < -0.4 is 16.0 Å². The van der Waals surface area contributed by atoms with Gasteiger partial charge in [-0.3, -0.25) is 9.59 Å². The Kier molecular flexibility index (Phi) is 8.74. The molecular weight excluding hydrogens is 460 g/mol. The fourth-order valence-corrected chi connectivity index (χ4v) is 4.52. The Labute approximate surface area is 203 Å². The lowest BCUT2D eigenvalue weighted by molar-refractivity contribution is -0.125. The van der Waals surface area contributed by atoms with Crippen molar-refractivity contribution in [2.75, 3.05) is 18.4 Å². The average molecular weight is 491 g/mol. The summed E-state index contributed by atoms with van der Waals surface area (Å²) in [5.74, 6) is -0.213. The highest BCUT2D eigenvalue weighted by Crippen LogP contribution is 2.23. The van der Waals surface area contributed by atoms with Gasteiger partial charge in [0.05, 0.1) is 4.88 Å². The molecule has 2 aromatic rings. The number of rotatable bonds is 7. The Bertz CT molecular complexity index is 958. The zero-order valence-corrected chi connectivity index (χ0v) is 20.7. The number of nitrogens with zero attached hydrogens (tertiary/aromatic N) is 1. The van der Waals surface area contributed by atoms with Crippen LogP contribution >= 0.6 is 22.9 Å². The molecule has 0 unspecified atom stereocenters. The van der Waals surface area contributed by atoms with Gasteiger partial charge in [-0.15, -0.1) is 11.3 Å². The van der Waals surface area contributed by atoms with E-state index in [2.05, 4.69) is 16.0 Å². The molecule has 0 aliphatic carbocycles. The zero-order valence-electron chi connectivity index (χ0n) is 19.1. The fourth-order valence-electron chi connectivity index (χ4n) is 3.70. The van der Waals surface area contributed by atoms with Crippen LogP contribution in [-0.2, 0) is 4.79 Å².